The van der Waals surface area contributed by atoms with Gasteiger partial charge in [-0.05, 0) is 57.9 Å². The Bertz CT molecular complexity index is 992. The predicted octanol–water partition coefficient (Wildman–Crippen LogP) is 3.37. The third-order valence-corrected chi connectivity index (χ3v) is 9.28. The molecule has 4 atom stereocenters. The van der Waals surface area contributed by atoms with E-state index in [0.29, 0.717) is 35.1 Å². The third kappa shape index (κ3) is 4.51. The first-order valence-corrected chi connectivity index (χ1v) is 13.2. The van der Waals surface area contributed by atoms with Crippen molar-refractivity contribution in [2.75, 3.05) is 17.7 Å². The summed E-state index contributed by atoms with van der Waals surface area (Å²) in [6, 6.07) is -0.684. The molecule has 2 amide bonds. The summed E-state index contributed by atoms with van der Waals surface area (Å²) in [4.78, 5) is 53.0. The van der Waals surface area contributed by atoms with Crippen molar-refractivity contribution in [1.82, 2.24) is 4.90 Å². The molecule has 3 heterocycles. The van der Waals surface area contributed by atoms with Crippen LogP contribution in [0.5, 0.6) is 0 Å². The van der Waals surface area contributed by atoms with Gasteiger partial charge < -0.3 is 19.7 Å². The van der Waals surface area contributed by atoms with Crippen LogP contribution in [0, 0.1) is 5.92 Å². The van der Waals surface area contributed by atoms with Gasteiger partial charge in [-0.3, -0.25) is 9.59 Å². The highest BCUT2D eigenvalue weighted by molar-refractivity contribution is 8.01. The molecule has 0 aromatic carbocycles. The number of anilines is 1. The van der Waals surface area contributed by atoms with Gasteiger partial charge in [-0.1, -0.05) is 6.92 Å². The molecule has 3 aliphatic rings. The topological polar surface area (TPSA) is 102 Å². The van der Waals surface area contributed by atoms with E-state index in [2.05, 4.69) is 12.2 Å². The zero-order chi connectivity index (χ0) is 23.9. The number of rotatable bonds is 6. The van der Waals surface area contributed by atoms with Crippen LogP contribution >= 0.6 is 23.1 Å². The van der Waals surface area contributed by atoms with Crippen LogP contribution in [0.25, 0.3) is 0 Å². The number of fused-ring (bicyclic) bond motifs is 2. The van der Waals surface area contributed by atoms with Crippen molar-refractivity contribution >= 4 is 51.9 Å². The molecule has 2 saturated heterocycles. The molecule has 0 bridgehead atoms. The summed E-state index contributed by atoms with van der Waals surface area (Å²) in [6.07, 6.45) is 2.65. The van der Waals surface area contributed by atoms with E-state index in [-0.39, 0.29) is 17.4 Å². The van der Waals surface area contributed by atoms with E-state index in [4.69, 9.17) is 9.47 Å². The molecule has 0 spiro atoms. The molecule has 1 aromatic heterocycles. The van der Waals surface area contributed by atoms with Crippen LogP contribution in [-0.4, -0.2) is 58.0 Å². The number of hydrogen-bond acceptors (Lipinski definition) is 8. The first kappa shape index (κ1) is 24.1. The molecule has 2 fully saturated rings. The highest BCUT2D eigenvalue weighted by atomic mass is 32.2. The number of thiophene rings is 1. The highest BCUT2D eigenvalue weighted by Crippen LogP contribution is 2.47. The largest absolute Gasteiger partial charge is 0.462 e. The molecule has 0 radical (unpaired) electrons. The maximum absolute atomic E-state index is 12.9. The van der Waals surface area contributed by atoms with Gasteiger partial charge in [-0.15, -0.1) is 23.1 Å². The number of amides is 2. The number of carbonyl (C=O) groups excluding carboxylic acids is 4. The van der Waals surface area contributed by atoms with Crippen LogP contribution in [0.15, 0.2) is 0 Å². The number of carbonyl (C=O) groups is 4. The molecule has 1 N–H and O–H groups in total. The van der Waals surface area contributed by atoms with Crippen LogP contribution in [0.4, 0.5) is 5.00 Å². The van der Waals surface area contributed by atoms with Gasteiger partial charge in [0.1, 0.15) is 11.0 Å². The Morgan fingerprint density at radius 3 is 2.79 bits per heavy atom. The second-order valence-electron chi connectivity index (χ2n) is 9.11. The lowest BCUT2D eigenvalue weighted by Crippen LogP contribution is -2.48. The van der Waals surface area contributed by atoms with Gasteiger partial charge >= 0.3 is 11.9 Å². The summed E-state index contributed by atoms with van der Waals surface area (Å²) in [7, 11) is 0. The van der Waals surface area contributed by atoms with Crippen molar-refractivity contribution in [3.05, 3.63) is 16.0 Å². The quantitative estimate of drug-likeness (QED) is 0.605. The summed E-state index contributed by atoms with van der Waals surface area (Å²) in [5, 5.41) is 3.24. The Morgan fingerprint density at radius 1 is 1.30 bits per heavy atom. The third-order valence-electron chi connectivity index (χ3n) is 6.61. The van der Waals surface area contributed by atoms with E-state index in [9.17, 15) is 19.2 Å². The van der Waals surface area contributed by atoms with Crippen LogP contribution in [0.3, 0.4) is 0 Å². The molecule has 10 heteroatoms. The minimum Gasteiger partial charge on any atom is -0.462 e. The Kier molecular flexibility index (Phi) is 6.77. The number of ether oxygens (including phenoxy) is 2. The average Bonchev–Trinajstić information content (AvgIpc) is 3.38. The van der Waals surface area contributed by atoms with Crippen LogP contribution in [0.2, 0.25) is 0 Å². The molecular formula is C23H30N2O6S2. The summed E-state index contributed by atoms with van der Waals surface area (Å²) >= 11 is 2.97. The van der Waals surface area contributed by atoms with Gasteiger partial charge in [-0.25, -0.2) is 9.59 Å². The minimum atomic E-state index is -1.07. The van der Waals surface area contributed by atoms with Gasteiger partial charge in [0.05, 0.1) is 17.0 Å². The van der Waals surface area contributed by atoms with Crippen molar-refractivity contribution in [2.24, 2.45) is 5.92 Å². The molecule has 4 rings (SSSR count). The number of hydrogen-bond donors (Lipinski definition) is 1. The van der Waals surface area contributed by atoms with Crippen molar-refractivity contribution in [3.63, 3.8) is 0 Å². The van der Waals surface area contributed by atoms with Gasteiger partial charge in [0.15, 0.2) is 6.10 Å². The van der Waals surface area contributed by atoms with E-state index in [1.807, 2.05) is 6.92 Å². The lowest BCUT2D eigenvalue weighted by molar-refractivity contribution is -0.160. The molecule has 0 saturated carbocycles. The van der Waals surface area contributed by atoms with Crippen molar-refractivity contribution in [3.8, 4) is 0 Å². The van der Waals surface area contributed by atoms with Gasteiger partial charge in [-0.2, -0.15) is 0 Å². The number of nitrogens with zero attached hydrogens (tertiary/aromatic N) is 1. The normalized spacial score (nSPS) is 27.0. The van der Waals surface area contributed by atoms with Gasteiger partial charge in [0, 0.05) is 17.1 Å². The van der Waals surface area contributed by atoms with Crippen LogP contribution in [-0.2, 0) is 36.7 Å². The van der Waals surface area contributed by atoms with Crippen molar-refractivity contribution in [1.29, 1.82) is 0 Å². The Morgan fingerprint density at radius 2 is 2.06 bits per heavy atom. The lowest BCUT2D eigenvalue weighted by atomic mass is 9.88. The standard InChI is InChI=1S/C23H30N2O6S2/c1-5-30-22(29)18-14-7-6-12(2)10-16(14)33-20(18)24-19(27)13(3)31-21(28)15-11-32-23(4)9-8-17(26)25(15)23/h12-13,15H,5-11H2,1-4H3,(H,24,27)/t12-,13+,15-,23+/m1/s1. The van der Waals surface area contributed by atoms with Gasteiger partial charge in [0.2, 0.25) is 5.91 Å². The first-order valence-electron chi connectivity index (χ1n) is 11.4. The summed E-state index contributed by atoms with van der Waals surface area (Å²) in [5.41, 5.74) is 1.37. The Labute approximate surface area is 201 Å². The fourth-order valence-corrected chi connectivity index (χ4v) is 7.59. The second kappa shape index (κ2) is 9.29. The van der Waals surface area contributed by atoms with Crippen molar-refractivity contribution in [2.45, 2.75) is 76.8 Å². The van der Waals surface area contributed by atoms with Crippen LogP contribution < -0.4 is 5.32 Å². The fraction of sp³-hybridized carbons (Fsp3) is 0.652. The summed E-state index contributed by atoms with van der Waals surface area (Å²) in [5.74, 6) is -0.620. The molecule has 1 aliphatic carbocycles. The summed E-state index contributed by atoms with van der Waals surface area (Å²) < 4.78 is 10.7. The van der Waals surface area contributed by atoms with Crippen LogP contribution in [0.1, 0.15) is 67.8 Å². The maximum atomic E-state index is 12.9. The van der Waals surface area contributed by atoms with E-state index in [1.165, 1.54) is 18.3 Å². The molecule has 2 aliphatic heterocycles. The highest BCUT2D eigenvalue weighted by Gasteiger charge is 2.53. The number of nitrogens with one attached hydrogen (secondary N) is 1. The number of esters is 2. The fourth-order valence-electron chi connectivity index (χ4n) is 4.77. The Balaban J connectivity index is 1.46. The lowest BCUT2D eigenvalue weighted by Gasteiger charge is -2.29. The molecule has 180 valence electrons. The minimum absolute atomic E-state index is 0.0565. The zero-order valence-corrected chi connectivity index (χ0v) is 21.0. The smallest absolute Gasteiger partial charge is 0.341 e. The number of thioether (sulfide) groups is 1. The van der Waals surface area contributed by atoms with E-state index in [1.54, 1.807) is 23.6 Å². The summed E-state index contributed by atoms with van der Waals surface area (Å²) in [6.45, 7) is 7.62. The Hall–Kier alpha value is -2.07. The van der Waals surface area contributed by atoms with E-state index in [0.717, 1.165) is 29.7 Å². The van der Waals surface area contributed by atoms with Crippen molar-refractivity contribution < 1.29 is 28.7 Å². The monoisotopic (exact) mass is 494 g/mol. The molecule has 1 aromatic rings. The first-order chi connectivity index (χ1) is 15.6. The SMILES string of the molecule is CCOC(=O)c1c(NC(=O)[C@H](C)OC(=O)[C@H]2CS[C@@]3(C)CCC(=O)N23)sc2c1CC[C@@H](C)C2. The predicted molar refractivity (Wildman–Crippen MR) is 126 cm³/mol. The van der Waals surface area contributed by atoms with E-state index < -0.39 is 30.0 Å². The van der Waals surface area contributed by atoms with Gasteiger partial charge in [0.25, 0.3) is 5.91 Å². The second-order valence-corrected chi connectivity index (χ2v) is 11.7. The van der Waals surface area contributed by atoms with E-state index >= 15 is 0 Å². The average molecular weight is 495 g/mol. The zero-order valence-electron chi connectivity index (χ0n) is 19.4. The molecule has 33 heavy (non-hydrogen) atoms. The molecule has 0 unspecified atom stereocenters. The molecule has 8 nitrogen and oxygen atoms in total. The maximum Gasteiger partial charge on any atom is 0.341 e. The molecular weight excluding hydrogens is 464 g/mol.